The van der Waals surface area contributed by atoms with Crippen molar-refractivity contribution >= 4 is 11.6 Å². The van der Waals surface area contributed by atoms with Crippen LogP contribution in [-0.2, 0) is 4.74 Å². The number of nitrogens with zero attached hydrogens (tertiary/aromatic N) is 1. The number of rotatable bonds is 6. The zero-order chi connectivity index (χ0) is 17.7. The minimum Gasteiger partial charge on any atom is -0.375 e. The van der Waals surface area contributed by atoms with Crippen molar-refractivity contribution in [3.05, 3.63) is 75.1 Å². The van der Waals surface area contributed by atoms with Gasteiger partial charge in [0.2, 0.25) is 0 Å². The van der Waals surface area contributed by atoms with Gasteiger partial charge < -0.3 is 10.1 Å². The Morgan fingerprint density at radius 1 is 1.33 bits per heavy atom. The molecule has 0 heterocycles. The van der Waals surface area contributed by atoms with E-state index in [2.05, 4.69) is 5.32 Å². The van der Waals surface area contributed by atoms with Crippen LogP contribution in [-0.4, -0.2) is 24.5 Å². The maximum atomic E-state index is 13.3. The van der Waals surface area contributed by atoms with Crippen molar-refractivity contribution < 1.29 is 18.8 Å². The molecule has 2 rings (SSSR count). The summed E-state index contributed by atoms with van der Waals surface area (Å²) in [5, 5.41) is 13.6. The Hall–Kier alpha value is -2.80. The lowest BCUT2D eigenvalue weighted by molar-refractivity contribution is -0.385. The number of hydrogen-bond acceptors (Lipinski definition) is 4. The number of nitro groups is 1. The average molecular weight is 332 g/mol. The van der Waals surface area contributed by atoms with E-state index in [1.54, 1.807) is 19.1 Å². The number of nitro benzene ring substituents is 1. The summed E-state index contributed by atoms with van der Waals surface area (Å²) in [7, 11) is 1.46. The number of carbonyl (C=O) groups is 1. The van der Waals surface area contributed by atoms with Crippen LogP contribution in [0.4, 0.5) is 10.1 Å². The van der Waals surface area contributed by atoms with Crippen molar-refractivity contribution in [3.63, 3.8) is 0 Å². The standard InChI is InChI=1S/C17H17FN2O4/c1-11-6-7-13(9-15(11)20(22)23)17(21)19-10-16(24-2)12-4-3-5-14(18)8-12/h3-9,16H,10H2,1-2H3,(H,19,21). The number of nitrogens with one attached hydrogen (secondary N) is 1. The second-order valence-corrected chi connectivity index (χ2v) is 5.25. The predicted molar refractivity (Wildman–Crippen MR) is 86.3 cm³/mol. The van der Waals surface area contributed by atoms with Crippen LogP contribution in [0.1, 0.15) is 27.6 Å². The quantitative estimate of drug-likeness (QED) is 0.651. The molecule has 6 nitrogen and oxygen atoms in total. The Labute approximate surface area is 138 Å². The van der Waals surface area contributed by atoms with Gasteiger partial charge in [0.1, 0.15) is 5.82 Å². The Morgan fingerprint density at radius 3 is 2.71 bits per heavy atom. The van der Waals surface area contributed by atoms with E-state index in [9.17, 15) is 19.3 Å². The summed E-state index contributed by atoms with van der Waals surface area (Å²) in [5.41, 5.74) is 1.14. The third kappa shape index (κ3) is 4.14. The maximum Gasteiger partial charge on any atom is 0.273 e. The molecule has 2 aromatic rings. The van der Waals surface area contributed by atoms with Gasteiger partial charge in [-0.3, -0.25) is 14.9 Å². The van der Waals surface area contributed by atoms with E-state index in [4.69, 9.17) is 4.74 Å². The second kappa shape index (κ2) is 7.65. The summed E-state index contributed by atoms with van der Waals surface area (Å²) in [6.07, 6.45) is -0.523. The summed E-state index contributed by atoms with van der Waals surface area (Å²) < 4.78 is 18.5. The van der Waals surface area contributed by atoms with E-state index in [0.717, 1.165) is 0 Å². The highest BCUT2D eigenvalue weighted by Gasteiger charge is 2.17. The lowest BCUT2D eigenvalue weighted by Gasteiger charge is -2.16. The maximum absolute atomic E-state index is 13.3. The molecule has 24 heavy (non-hydrogen) atoms. The van der Waals surface area contributed by atoms with Gasteiger partial charge in [0, 0.05) is 30.8 Å². The minimum absolute atomic E-state index is 0.112. The first-order chi connectivity index (χ1) is 11.4. The Kier molecular flexibility index (Phi) is 5.59. The molecule has 1 unspecified atom stereocenters. The van der Waals surface area contributed by atoms with Crippen LogP contribution >= 0.6 is 0 Å². The molecule has 0 radical (unpaired) electrons. The molecule has 0 aliphatic heterocycles. The molecule has 0 aliphatic carbocycles. The van der Waals surface area contributed by atoms with E-state index in [1.807, 2.05) is 0 Å². The fourth-order valence-corrected chi connectivity index (χ4v) is 2.28. The SMILES string of the molecule is COC(CNC(=O)c1ccc(C)c([N+](=O)[O-])c1)c1cccc(F)c1. The molecule has 0 bridgehead atoms. The zero-order valence-electron chi connectivity index (χ0n) is 13.3. The van der Waals surface area contributed by atoms with Gasteiger partial charge in [-0.05, 0) is 30.7 Å². The summed E-state index contributed by atoms with van der Waals surface area (Å²) in [6.45, 7) is 1.71. The average Bonchev–Trinajstić information content (AvgIpc) is 2.55. The van der Waals surface area contributed by atoms with Crippen LogP contribution in [0.25, 0.3) is 0 Å². The first-order valence-electron chi connectivity index (χ1n) is 7.24. The van der Waals surface area contributed by atoms with Crippen molar-refractivity contribution in [3.8, 4) is 0 Å². The summed E-state index contributed by atoms with van der Waals surface area (Å²) in [6, 6.07) is 10.2. The van der Waals surface area contributed by atoms with E-state index < -0.39 is 22.8 Å². The molecular formula is C17H17FN2O4. The lowest BCUT2D eigenvalue weighted by Crippen LogP contribution is -2.29. The molecule has 0 fully saturated rings. The van der Waals surface area contributed by atoms with Crippen molar-refractivity contribution in [2.45, 2.75) is 13.0 Å². The van der Waals surface area contributed by atoms with Gasteiger partial charge in [-0.2, -0.15) is 0 Å². The zero-order valence-corrected chi connectivity index (χ0v) is 13.3. The Morgan fingerprint density at radius 2 is 2.08 bits per heavy atom. The highest BCUT2D eigenvalue weighted by atomic mass is 19.1. The number of ether oxygens (including phenoxy) is 1. The van der Waals surface area contributed by atoms with Gasteiger partial charge in [0.05, 0.1) is 11.0 Å². The van der Waals surface area contributed by atoms with E-state index in [1.165, 1.54) is 37.4 Å². The van der Waals surface area contributed by atoms with Crippen molar-refractivity contribution in [1.29, 1.82) is 0 Å². The van der Waals surface area contributed by atoms with Crippen LogP contribution in [0.3, 0.4) is 0 Å². The molecule has 0 saturated carbocycles. The summed E-state index contributed by atoms with van der Waals surface area (Å²) in [4.78, 5) is 22.6. The summed E-state index contributed by atoms with van der Waals surface area (Å²) in [5.74, 6) is -0.855. The number of methoxy groups -OCH3 is 1. The number of amides is 1. The number of benzene rings is 2. The van der Waals surface area contributed by atoms with Gasteiger partial charge in [-0.1, -0.05) is 18.2 Å². The molecule has 0 spiro atoms. The number of hydrogen-bond donors (Lipinski definition) is 1. The number of aryl methyl sites for hydroxylation is 1. The van der Waals surface area contributed by atoms with Crippen LogP contribution < -0.4 is 5.32 Å². The van der Waals surface area contributed by atoms with Gasteiger partial charge in [0.25, 0.3) is 11.6 Å². The number of halogens is 1. The molecule has 1 N–H and O–H groups in total. The van der Waals surface area contributed by atoms with E-state index >= 15 is 0 Å². The third-order valence-corrected chi connectivity index (χ3v) is 3.62. The molecule has 7 heteroatoms. The molecule has 0 aromatic heterocycles. The molecular weight excluding hydrogens is 315 g/mol. The van der Waals surface area contributed by atoms with Crippen LogP contribution in [0.2, 0.25) is 0 Å². The van der Waals surface area contributed by atoms with E-state index in [-0.39, 0.29) is 17.8 Å². The minimum atomic E-state index is -0.531. The highest BCUT2D eigenvalue weighted by molar-refractivity contribution is 5.95. The molecule has 2 aromatic carbocycles. The number of carbonyl (C=O) groups excluding carboxylic acids is 1. The highest BCUT2D eigenvalue weighted by Crippen LogP contribution is 2.20. The van der Waals surface area contributed by atoms with Gasteiger partial charge in [-0.25, -0.2) is 4.39 Å². The molecule has 1 amide bonds. The fourth-order valence-electron chi connectivity index (χ4n) is 2.28. The molecule has 1 atom stereocenters. The molecule has 126 valence electrons. The first kappa shape index (κ1) is 17.6. The topological polar surface area (TPSA) is 81.5 Å². The van der Waals surface area contributed by atoms with Gasteiger partial charge in [0.15, 0.2) is 0 Å². The van der Waals surface area contributed by atoms with Crippen molar-refractivity contribution in [2.75, 3.05) is 13.7 Å². The first-order valence-corrected chi connectivity index (χ1v) is 7.24. The van der Waals surface area contributed by atoms with E-state index in [0.29, 0.717) is 11.1 Å². The molecule has 0 saturated heterocycles. The van der Waals surface area contributed by atoms with Crippen molar-refractivity contribution in [1.82, 2.24) is 5.32 Å². The van der Waals surface area contributed by atoms with Gasteiger partial charge >= 0.3 is 0 Å². The van der Waals surface area contributed by atoms with Crippen LogP contribution in [0.5, 0.6) is 0 Å². The van der Waals surface area contributed by atoms with Crippen LogP contribution in [0, 0.1) is 22.9 Å². The third-order valence-electron chi connectivity index (χ3n) is 3.62. The van der Waals surface area contributed by atoms with Crippen molar-refractivity contribution in [2.24, 2.45) is 0 Å². The Bertz CT molecular complexity index is 764. The Balaban J connectivity index is 2.09. The predicted octanol–water partition coefficient (Wildman–Crippen LogP) is 3.16. The largest absolute Gasteiger partial charge is 0.375 e. The fraction of sp³-hybridized carbons (Fsp3) is 0.235. The van der Waals surface area contributed by atoms with Gasteiger partial charge in [-0.15, -0.1) is 0 Å². The summed E-state index contributed by atoms with van der Waals surface area (Å²) >= 11 is 0. The van der Waals surface area contributed by atoms with Crippen LogP contribution in [0.15, 0.2) is 42.5 Å². The smallest absolute Gasteiger partial charge is 0.273 e. The normalized spacial score (nSPS) is 11.8. The lowest BCUT2D eigenvalue weighted by atomic mass is 10.1. The monoisotopic (exact) mass is 332 g/mol. The second-order valence-electron chi connectivity index (χ2n) is 5.25. The molecule has 0 aliphatic rings.